The molecule has 2 saturated heterocycles. The monoisotopic (exact) mass is 314 g/mol. The van der Waals surface area contributed by atoms with Crippen molar-refractivity contribution in [3.05, 3.63) is 23.8 Å². The van der Waals surface area contributed by atoms with E-state index in [-0.39, 0.29) is 0 Å². The van der Waals surface area contributed by atoms with Gasteiger partial charge < -0.3 is 20.1 Å². The molecule has 2 N–H and O–H groups in total. The van der Waals surface area contributed by atoms with Gasteiger partial charge >= 0.3 is 0 Å². The Bertz CT molecular complexity index is 401. The quantitative estimate of drug-likeness (QED) is 0.892. The van der Waals surface area contributed by atoms with Gasteiger partial charge in [0.25, 0.3) is 0 Å². The van der Waals surface area contributed by atoms with Crippen LogP contribution >= 0.6 is 23.5 Å². The van der Waals surface area contributed by atoms with E-state index in [1.54, 1.807) is 14.2 Å². The van der Waals surface area contributed by atoms with E-state index in [1.807, 2.05) is 35.7 Å². The maximum atomic E-state index is 5.27. The largest absolute Gasteiger partial charge is 0.493 e. The minimum atomic E-state index is 0.393. The fourth-order valence-corrected chi connectivity index (χ4v) is 3.78. The number of thioether (sulfide) groups is 2. The summed E-state index contributed by atoms with van der Waals surface area (Å²) in [6.45, 7) is 2.29. The van der Waals surface area contributed by atoms with Crippen LogP contribution in [0.2, 0.25) is 0 Å². The molecule has 0 radical (unpaired) electrons. The van der Waals surface area contributed by atoms with Gasteiger partial charge in [-0.15, -0.1) is 23.5 Å². The van der Waals surface area contributed by atoms with Crippen molar-refractivity contribution in [3.63, 3.8) is 0 Å². The molecule has 112 valence electrons. The Hall–Kier alpha value is -0.560. The third kappa shape index (κ3) is 4.48. The summed E-state index contributed by atoms with van der Waals surface area (Å²) >= 11 is 3.88. The van der Waals surface area contributed by atoms with Crippen molar-refractivity contribution in [2.75, 3.05) is 44.7 Å². The standard InChI is InChI=1S/C11H15NO2S.C3H7NS/c1-13-9-4-3-8(7-10(9)14-2)11-12-5-6-15-11;1-2-5-3-4-1/h3-4,7,11-12H,5-6H2,1-2H3;4H,1-3H2. The third-order valence-electron chi connectivity index (χ3n) is 3.05. The van der Waals surface area contributed by atoms with Crippen LogP contribution in [0.15, 0.2) is 18.2 Å². The topological polar surface area (TPSA) is 42.5 Å². The highest BCUT2D eigenvalue weighted by molar-refractivity contribution is 7.99. The minimum Gasteiger partial charge on any atom is -0.493 e. The molecule has 4 nitrogen and oxygen atoms in total. The van der Waals surface area contributed by atoms with Gasteiger partial charge in [0.05, 0.1) is 19.6 Å². The summed E-state index contributed by atoms with van der Waals surface area (Å²) in [5, 5.41) is 7.01. The first kappa shape index (κ1) is 15.8. The molecule has 0 aliphatic carbocycles. The molecular weight excluding hydrogens is 292 g/mol. The molecule has 2 fully saturated rings. The predicted octanol–water partition coefficient (Wildman–Crippen LogP) is 2.32. The highest BCUT2D eigenvalue weighted by Crippen LogP contribution is 2.35. The SMILES string of the molecule is C1CSCN1.COc1ccc(C2NCCS2)cc1OC. The molecular formula is C14H22N2O2S2. The van der Waals surface area contributed by atoms with Crippen molar-refractivity contribution < 1.29 is 9.47 Å². The number of methoxy groups -OCH3 is 2. The first-order valence-corrected chi connectivity index (χ1v) is 8.91. The molecule has 2 heterocycles. The summed E-state index contributed by atoms with van der Waals surface area (Å²) < 4.78 is 10.5. The zero-order valence-corrected chi connectivity index (χ0v) is 13.6. The molecule has 1 unspecified atom stereocenters. The highest BCUT2D eigenvalue weighted by Gasteiger charge is 2.18. The number of nitrogens with one attached hydrogen (secondary N) is 2. The van der Waals surface area contributed by atoms with Crippen LogP contribution in [0.25, 0.3) is 0 Å². The van der Waals surface area contributed by atoms with Crippen LogP contribution in [-0.4, -0.2) is 44.7 Å². The second kappa shape index (κ2) is 8.67. The van der Waals surface area contributed by atoms with Crippen LogP contribution in [-0.2, 0) is 0 Å². The zero-order chi connectivity index (χ0) is 14.2. The van der Waals surface area contributed by atoms with Crippen LogP contribution in [0, 0.1) is 0 Å². The summed E-state index contributed by atoms with van der Waals surface area (Å²) in [7, 11) is 3.32. The maximum absolute atomic E-state index is 5.27. The van der Waals surface area contributed by atoms with Gasteiger partial charge in [-0.2, -0.15) is 0 Å². The smallest absolute Gasteiger partial charge is 0.161 e. The molecule has 0 saturated carbocycles. The fourth-order valence-electron chi connectivity index (χ4n) is 2.02. The van der Waals surface area contributed by atoms with Crippen molar-refractivity contribution >= 4 is 23.5 Å². The van der Waals surface area contributed by atoms with Crippen molar-refractivity contribution in [2.45, 2.75) is 5.37 Å². The van der Waals surface area contributed by atoms with E-state index < -0.39 is 0 Å². The summed E-state index contributed by atoms with van der Waals surface area (Å²) in [6, 6.07) is 6.07. The molecule has 2 aliphatic rings. The fraction of sp³-hybridized carbons (Fsp3) is 0.571. The lowest BCUT2D eigenvalue weighted by atomic mass is 10.2. The van der Waals surface area contributed by atoms with Crippen molar-refractivity contribution in [2.24, 2.45) is 0 Å². The van der Waals surface area contributed by atoms with Gasteiger partial charge in [-0.25, -0.2) is 0 Å². The number of benzene rings is 1. The van der Waals surface area contributed by atoms with Gasteiger partial charge in [-0.3, -0.25) is 0 Å². The lowest BCUT2D eigenvalue weighted by Gasteiger charge is -2.13. The van der Waals surface area contributed by atoms with E-state index in [1.165, 1.54) is 29.5 Å². The number of hydrogen-bond acceptors (Lipinski definition) is 6. The second-order valence-corrected chi connectivity index (χ2v) is 6.69. The van der Waals surface area contributed by atoms with E-state index in [0.29, 0.717) is 5.37 Å². The van der Waals surface area contributed by atoms with Gasteiger partial charge in [-0.1, -0.05) is 6.07 Å². The van der Waals surface area contributed by atoms with Crippen molar-refractivity contribution in [1.82, 2.24) is 10.6 Å². The summed E-state index contributed by atoms with van der Waals surface area (Å²) in [5.74, 6) is 5.22. The molecule has 20 heavy (non-hydrogen) atoms. The predicted molar refractivity (Wildman–Crippen MR) is 88.1 cm³/mol. The van der Waals surface area contributed by atoms with Gasteiger partial charge in [0, 0.05) is 30.5 Å². The Morgan fingerprint density at radius 1 is 1.10 bits per heavy atom. The molecule has 3 rings (SSSR count). The Morgan fingerprint density at radius 2 is 1.95 bits per heavy atom. The average Bonchev–Trinajstić information content (AvgIpc) is 3.21. The van der Waals surface area contributed by atoms with Gasteiger partial charge in [0.1, 0.15) is 0 Å². The van der Waals surface area contributed by atoms with Crippen LogP contribution in [0.4, 0.5) is 0 Å². The third-order valence-corrected chi connectivity index (χ3v) is 5.17. The lowest BCUT2D eigenvalue weighted by Crippen LogP contribution is -2.12. The number of hydrogen-bond donors (Lipinski definition) is 2. The minimum absolute atomic E-state index is 0.393. The van der Waals surface area contributed by atoms with Crippen molar-refractivity contribution in [1.29, 1.82) is 0 Å². The van der Waals surface area contributed by atoms with E-state index in [9.17, 15) is 0 Å². The highest BCUT2D eigenvalue weighted by atomic mass is 32.2. The van der Waals surface area contributed by atoms with Gasteiger partial charge in [0.15, 0.2) is 11.5 Å². The Morgan fingerprint density at radius 3 is 2.45 bits per heavy atom. The van der Waals surface area contributed by atoms with Gasteiger partial charge in [-0.05, 0) is 17.7 Å². The number of rotatable bonds is 3. The van der Waals surface area contributed by atoms with Crippen LogP contribution < -0.4 is 20.1 Å². The normalized spacial score (nSPS) is 21.2. The molecule has 1 aromatic rings. The van der Waals surface area contributed by atoms with Crippen LogP contribution in [0.3, 0.4) is 0 Å². The number of ether oxygens (including phenoxy) is 2. The first-order valence-electron chi connectivity index (χ1n) is 6.70. The molecule has 6 heteroatoms. The van der Waals surface area contributed by atoms with E-state index in [0.717, 1.165) is 18.0 Å². The zero-order valence-electron chi connectivity index (χ0n) is 12.0. The Kier molecular flexibility index (Phi) is 6.86. The molecule has 0 amide bonds. The Balaban J connectivity index is 0.000000247. The molecule has 0 bridgehead atoms. The molecule has 2 aliphatic heterocycles. The molecule has 1 aromatic carbocycles. The Labute approximate surface area is 129 Å². The molecule has 0 aromatic heterocycles. The van der Waals surface area contributed by atoms with Crippen LogP contribution in [0.5, 0.6) is 11.5 Å². The summed E-state index contributed by atoms with van der Waals surface area (Å²) in [6.07, 6.45) is 0. The average molecular weight is 314 g/mol. The molecule has 1 atom stereocenters. The van der Waals surface area contributed by atoms with E-state index in [2.05, 4.69) is 16.7 Å². The van der Waals surface area contributed by atoms with E-state index >= 15 is 0 Å². The second-order valence-electron chi connectivity index (χ2n) is 4.37. The first-order chi connectivity index (χ1) is 9.85. The van der Waals surface area contributed by atoms with Crippen molar-refractivity contribution in [3.8, 4) is 11.5 Å². The van der Waals surface area contributed by atoms with E-state index in [4.69, 9.17) is 9.47 Å². The van der Waals surface area contributed by atoms with Crippen LogP contribution in [0.1, 0.15) is 10.9 Å². The lowest BCUT2D eigenvalue weighted by molar-refractivity contribution is 0.354. The maximum Gasteiger partial charge on any atom is 0.161 e. The molecule has 0 spiro atoms. The summed E-state index contributed by atoms with van der Waals surface area (Å²) in [5.41, 5.74) is 1.25. The summed E-state index contributed by atoms with van der Waals surface area (Å²) in [4.78, 5) is 0. The van der Waals surface area contributed by atoms with Gasteiger partial charge in [0.2, 0.25) is 0 Å².